The van der Waals surface area contributed by atoms with Gasteiger partial charge in [-0.1, -0.05) is 6.07 Å². The molecule has 2 N–H and O–H groups in total. The van der Waals surface area contributed by atoms with Gasteiger partial charge < -0.3 is 5.73 Å². The Hall–Kier alpha value is -1.94. The van der Waals surface area contributed by atoms with E-state index in [1.54, 1.807) is 23.5 Å². The predicted molar refractivity (Wildman–Crippen MR) is 74.2 cm³/mol. The molecule has 0 bridgehead atoms. The van der Waals surface area contributed by atoms with E-state index in [0.717, 1.165) is 20.8 Å². The molecule has 0 unspecified atom stereocenters. The van der Waals surface area contributed by atoms with Gasteiger partial charge in [0.25, 0.3) is 0 Å². The summed E-state index contributed by atoms with van der Waals surface area (Å²) in [6.45, 7) is 2.04. The number of hydrogen-bond acceptors (Lipinski definition) is 3. The van der Waals surface area contributed by atoms with Crippen molar-refractivity contribution < 1.29 is 4.39 Å². The molecular weight excluding hydrogens is 247 g/mol. The second kappa shape index (κ2) is 4.07. The van der Waals surface area contributed by atoms with Gasteiger partial charge in [0.2, 0.25) is 0 Å². The zero-order valence-electron chi connectivity index (χ0n) is 9.77. The van der Waals surface area contributed by atoms with Gasteiger partial charge in [-0.15, -0.1) is 11.3 Å². The largest absolute Gasteiger partial charge is 0.396 e. The molecule has 18 heavy (non-hydrogen) atoms. The number of halogens is 1. The molecule has 0 aliphatic rings. The fourth-order valence-electron chi connectivity index (χ4n) is 1.82. The second-order valence-corrected chi connectivity index (χ2v) is 5.26. The highest BCUT2D eigenvalue weighted by molar-refractivity contribution is 7.21. The lowest BCUT2D eigenvalue weighted by molar-refractivity contribution is 0.633. The summed E-state index contributed by atoms with van der Waals surface area (Å²) in [4.78, 5) is 4.51. The van der Waals surface area contributed by atoms with Gasteiger partial charge >= 0.3 is 0 Å². The minimum absolute atomic E-state index is 0.163. The van der Waals surface area contributed by atoms with Crippen LogP contribution in [0.5, 0.6) is 0 Å². The molecule has 0 radical (unpaired) electrons. The van der Waals surface area contributed by atoms with Gasteiger partial charge in [-0.25, -0.2) is 9.37 Å². The smallest absolute Gasteiger partial charge is 0.146 e. The summed E-state index contributed by atoms with van der Waals surface area (Å²) in [7, 11) is 0. The summed E-state index contributed by atoms with van der Waals surface area (Å²) in [6.07, 6.45) is 0. The number of rotatable bonds is 1. The van der Waals surface area contributed by atoms with Gasteiger partial charge in [-0.2, -0.15) is 0 Å². The third kappa shape index (κ3) is 1.84. The number of nitrogens with zero attached hydrogens (tertiary/aromatic N) is 1. The van der Waals surface area contributed by atoms with E-state index in [-0.39, 0.29) is 5.69 Å². The van der Waals surface area contributed by atoms with Gasteiger partial charge in [-0.05, 0) is 42.8 Å². The molecule has 2 nitrogen and oxygen atoms in total. The van der Waals surface area contributed by atoms with E-state index in [0.29, 0.717) is 0 Å². The quantitative estimate of drug-likeness (QED) is 0.670. The molecule has 0 aliphatic carbocycles. The van der Waals surface area contributed by atoms with Crippen molar-refractivity contribution in [3.05, 3.63) is 47.8 Å². The Morgan fingerprint density at radius 3 is 2.78 bits per heavy atom. The standard InChI is InChI=1S/C14H11FN2S/c1-8-2-5-12-13(6-8)18-14(17-12)9-3-4-11(16)10(15)7-9/h2-7H,16H2,1H3. The monoisotopic (exact) mass is 258 g/mol. The van der Waals surface area contributed by atoms with E-state index in [1.807, 2.05) is 19.1 Å². The van der Waals surface area contributed by atoms with Crippen LogP contribution in [0.15, 0.2) is 36.4 Å². The number of hydrogen-bond donors (Lipinski definition) is 1. The van der Waals surface area contributed by atoms with E-state index in [1.165, 1.54) is 11.6 Å². The van der Waals surface area contributed by atoms with Gasteiger partial charge in [0.15, 0.2) is 0 Å². The van der Waals surface area contributed by atoms with Gasteiger partial charge in [0.05, 0.1) is 15.9 Å². The second-order valence-electron chi connectivity index (χ2n) is 4.23. The molecule has 0 spiro atoms. The van der Waals surface area contributed by atoms with Crippen LogP contribution in [-0.4, -0.2) is 4.98 Å². The van der Waals surface area contributed by atoms with Gasteiger partial charge in [0, 0.05) is 5.56 Å². The summed E-state index contributed by atoms with van der Waals surface area (Å²) in [5.74, 6) is -0.400. The number of fused-ring (bicyclic) bond motifs is 1. The lowest BCUT2D eigenvalue weighted by atomic mass is 10.2. The van der Waals surface area contributed by atoms with Crippen molar-refractivity contribution in [3.8, 4) is 10.6 Å². The van der Waals surface area contributed by atoms with Crippen molar-refractivity contribution >= 4 is 27.2 Å². The SMILES string of the molecule is Cc1ccc2nc(-c3ccc(N)c(F)c3)sc2c1. The lowest BCUT2D eigenvalue weighted by Crippen LogP contribution is -1.90. The minimum atomic E-state index is -0.400. The van der Waals surface area contributed by atoms with Crippen molar-refractivity contribution in [2.24, 2.45) is 0 Å². The van der Waals surface area contributed by atoms with Crippen LogP contribution in [0.25, 0.3) is 20.8 Å². The molecule has 0 fully saturated rings. The Bertz CT molecular complexity index is 734. The Morgan fingerprint density at radius 1 is 1.17 bits per heavy atom. The number of nitrogens with two attached hydrogens (primary N) is 1. The average Bonchev–Trinajstić information content (AvgIpc) is 2.75. The molecule has 0 saturated heterocycles. The van der Waals surface area contributed by atoms with Crippen molar-refractivity contribution in [1.82, 2.24) is 4.98 Å². The topological polar surface area (TPSA) is 38.9 Å². The number of thiazole rings is 1. The Balaban J connectivity index is 2.16. The van der Waals surface area contributed by atoms with Crippen molar-refractivity contribution in [2.75, 3.05) is 5.73 Å². The first kappa shape index (κ1) is 11.2. The maximum atomic E-state index is 13.4. The molecule has 0 atom stereocenters. The van der Waals surface area contributed by atoms with Gasteiger partial charge in [0.1, 0.15) is 10.8 Å². The third-order valence-electron chi connectivity index (χ3n) is 2.79. The molecule has 0 aliphatic heterocycles. The van der Waals surface area contributed by atoms with Crippen LogP contribution in [0.4, 0.5) is 10.1 Å². The van der Waals surface area contributed by atoms with E-state index in [2.05, 4.69) is 11.1 Å². The zero-order chi connectivity index (χ0) is 12.7. The Labute approximate surface area is 108 Å². The van der Waals surface area contributed by atoms with Crippen molar-refractivity contribution in [3.63, 3.8) is 0 Å². The van der Waals surface area contributed by atoms with Crippen molar-refractivity contribution in [2.45, 2.75) is 6.92 Å². The molecular formula is C14H11FN2S. The molecule has 0 amide bonds. The van der Waals surface area contributed by atoms with Gasteiger partial charge in [-0.3, -0.25) is 0 Å². The number of aromatic nitrogens is 1. The molecule has 3 aromatic rings. The Kier molecular flexibility index (Phi) is 2.52. The number of benzene rings is 2. The van der Waals surface area contributed by atoms with E-state index in [9.17, 15) is 4.39 Å². The summed E-state index contributed by atoms with van der Waals surface area (Å²) >= 11 is 1.56. The molecule has 90 valence electrons. The summed E-state index contributed by atoms with van der Waals surface area (Å²) in [6, 6.07) is 10.9. The summed E-state index contributed by atoms with van der Waals surface area (Å²) in [5.41, 5.74) is 8.53. The first-order chi connectivity index (χ1) is 8.63. The first-order valence-corrected chi connectivity index (χ1v) is 6.38. The zero-order valence-corrected chi connectivity index (χ0v) is 10.6. The molecule has 2 aromatic carbocycles. The number of nitrogen functional groups attached to an aromatic ring is 1. The fourth-order valence-corrected chi connectivity index (χ4v) is 2.88. The van der Waals surface area contributed by atoms with Crippen LogP contribution in [0, 0.1) is 12.7 Å². The highest BCUT2D eigenvalue weighted by atomic mass is 32.1. The molecule has 0 saturated carbocycles. The van der Waals surface area contributed by atoms with Crippen LogP contribution in [0.3, 0.4) is 0 Å². The highest BCUT2D eigenvalue weighted by Gasteiger charge is 2.08. The molecule has 1 aromatic heterocycles. The lowest BCUT2D eigenvalue weighted by Gasteiger charge is -1.98. The van der Waals surface area contributed by atoms with Crippen LogP contribution in [-0.2, 0) is 0 Å². The Morgan fingerprint density at radius 2 is 2.00 bits per heavy atom. The van der Waals surface area contributed by atoms with E-state index in [4.69, 9.17) is 5.73 Å². The maximum Gasteiger partial charge on any atom is 0.146 e. The normalized spacial score (nSPS) is 11.0. The van der Waals surface area contributed by atoms with Crippen LogP contribution >= 0.6 is 11.3 Å². The number of anilines is 1. The maximum absolute atomic E-state index is 13.4. The first-order valence-electron chi connectivity index (χ1n) is 5.56. The van der Waals surface area contributed by atoms with E-state index >= 15 is 0 Å². The fraction of sp³-hybridized carbons (Fsp3) is 0.0714. The molecule has 3 rings (SSSR count). The predicted octanol–water partition coefficient (Wildman–Crippen LogP) is 3.99. The average molecular weight is 258 g/mol. The minimum Gasteiger partial charge on any atom is -0.396 e. The molecule has 4 heteroatoms. The van der Waals surface area contributed by atoms with Crippen LogP contribution in [0.1, 0.15) is 5.56 Å². The van der Waals surface area contributed by atoms with E-state index < -0.39 is 5.82 Å². The van der Waals surface area contributed by atoms with Crippen LogP contribution in [0.2, 0.25) is 0 Å². The van der Waals surface area contributed by atoms with Crippen molar-refractivity contribution in [1.29, 1.82) is 0 Å². The summed E-state index contributed by atoms with van der Waals surface area (Å²) < 4.78 is 14.5. The van der Waals surface area contributed by atoms with Crippen LogP contribution < -0.4 is 5.73 Å². The number of aryl methyl sites for hydroxylation is 1. The highest BCUT2D eigenvalue weighted by Crippen LogP contribution is 2.31. The summed E-state index contributed by atoms with van der Waals surface area (Å²) in [5, 5.41) is 0.814. The molecule has 1 heterocycles. The third-order valence-corrected chi connectivity index (χ3v) is 3.86.